The molecule has 6 heteroatoms. The first kappa shape index (κ1) is 13.6. The Kier molecular flexibility index (Phi) is 4.57. The molecule has 1 aromatic rings. The first-order valence-electron chi connectivity index (χ1n) is 4.63. The minimum atomic E-state index is -4.39. The van der Waals surface area contributed by atoms with Gasteiger partial charge >= 0.3 is 6.18 Å². The van der Waals surface area contributed by atoms with Gasteiger partial charge in [0, 0.05) is 11.8 Å². The second-order valence-corrected chi connectivity index (χ2v) is 3.41. The number of benzene rings is 1. The van der Waals surface area contributed by atoms with Gasteiger partial charge in [0.15, 0.2) is 0 Å². The van der Waals surface area contributed by atoms with E-state index in [1.807, 2.05) is 0 Å². The van der Waals surface area contributed by atoms with E-state index in [-0.39, 0.29) is 17.5 Å². The Morgan fingerprint density at radius 1 is 1.35 bits per heavy atom. The molecule has 0 aromatic heterocycles. The zero-order valence-electron chi connectivity index (χ0n) is 8.59. The quantitative estimate of drug-likeness (QED) is 0.832. The maximum Gasteiger partial charge on any atom is 0.409 e. The molecule has 1 N–H and O–H groups in total. The molecular formula is C11H9ClF3NO. The molecule has 0 saturated heterocycles. The van der Waals surface area contributed by atoms with Crippen LogP contribution < -0.4 is 5.32 Å². The predicted molar refractivity (Wildman–Crippen MR) is 60.9 cm³/mol. The number of para-hydroxylation sites is 1. The maximum absolute atomic E-state index is 12.0. The Balaban J connectivity index is 2.92. The van der Waals surface area contributed by atoms with Crippen molar-refractivity contribution in [1.82, 2.24) is 0 Å². The average molecular weight is 264 g/mol. The van der Waals surface area contributed by atoms with E-state index in [9.17, 15) is 18.0 Å². The number of rotatable bonds is 3. The van der Waals surface area contributed by atoms with Crippen LogP contribution in [0, 0.1) is 0 Å². The summed E-state index contributed by atoms with van der Waals surface area (Å²) in [5, 5.41) is 2.41. The van der Waals surface area contributed by atoms with E-state index >= 15 is 0 Å². The fraction of sp³-hybridized carbons (Fsp3) is 0.182. The third-order valence-electron chi connectivity index (χ3n) is 1.81. The Bertz CT molecular complexity index is 429. The molecule has 0 aliphatic heterocycles. The Hall–Kier alpha value is -1.49. The van der Waals surface area contributed by atoms with Gasteiger partial charge < -0.3 is 5.32 Å². The fourth-order valence-electron chi connectivity index (χ4n) is 1.12. The van der Waals surface area contributed by atoms with E-state index in [0.717, 1.165) is 6.08 Å². The lowest BCUT2D eigenvalue weighted by Crippen LogP contribution is -2.13. The number of halogens is 4. The summed E-state index contributed by atoms with van der Waals surface area (Å²) in [5.41, 5.74) is 0.557. The monoisotopic (exact) mass is 263 g/mol. The standard InChI is InChI=1S/C11H9ClF3NO/c12-7-10(17)16-9-4-2-1-3-8(9)5-6-11(13,14)15/h1-6H,7H2,(H,16,17). The number of allylic oxidation sites excluding steroid dienone is 1. The van der Waals surface area contributed by atoms with Gasteiger partial charge in [0.05, 0.1) is 0 Å². The van der Waals surface area contributed by atoms with Crippen LogP contribution in [0.1, 0.15) is 5.56 Å². The van der Waals surface area contributed by atoms with Gasteiger partial charge in [-0.15, -0.1) is 11.6 Å². The highest BCUT2D eigenvalue weighted by molar-refractivity contribution is 6.29. The zero-order valence-corrected chi connectivity index (χ0v) is 9.35. The SMILES string of the molecule is O=C(CCl)Nc1ccccc1C=CC(F)(F)F. The van der Waals surface area contributed by atoms with Crippen molar-refractivity contribution in [3.8, 4) is 0 Å². The maximum atomic E-state index is 12.0. The Morgan fingerprint density at radius 3 is 2.59 bits per heavy atom. The van der Waals surface area contributed by atoms with Crippen LogP contribution in [0.25, 0.3) is 6.08 Å². The van der Waals surface area contributed by atoms with Crippen LogP contribution in [0.15, 0.2) is 30.3 Å². The van der Waals surface area contributed by atoms with Crippen LogP contribution in [0.5, 0.6) is 0 Å². The number of hydrogen-bond donors (Lipinski definition) is 1. The van der Waals surface area contributed by atoms with E-state index in [4.69, 9.17) is 11.6 Å². The number of hydrogen-bond acceptors (Lipinski definition) is 1. The van der Waals surface area contributed by atoms with Gasteiger partial charge in [-0.2, -0.15) is 13.2 Å². The van der Waals surface area contributed by atoms with E-state index in [0.29, 0.717) is 5.69 Å². The summed E-state index contributed by atoms with van der Waals surface area (Å²) in [7, 11) is 0. The lowest BCUT2D eigenvalue weighted by Gasteiger charge is -2.07. The second kappa shape index (κ2) is 5.72. The zero-order chi connectivity index (χ0) is 12.9. The van der Waals surface area contributed by atoms with Crippen molar-refractivity contribution in [1.29, 1.82) is 0 Å². The van der Waals surface area contributed by atoms with Gasteiger partial charge in [-0.3, -0.25) is 4.79 Å². The smallest absolute Gasteiger partial charge is 0.324 e. The van der Waals surface area contributed by atoms with Gasteiger partial charge in [0.25, 0.3) is 0 Å². The minimum Gasteiger partial charge on any atom is -0.324 e. The minimum absolute atomic E-state index is 0.110. The third kappa shape index (κ3) is 4.91. The van der Waals surface area contributed by atoms with Crippen molar-refractivity contribution in [2.24, 2.45) is 0 Å². The highest BCUT2D eigenvalue weighted by Crippen LogP contribution is 2.22. The molecule has 0 radical (unpaired) electrons. The van der Waals surface area contributed by atoms with Gasteiger partial charge in [0.2, 0.25) is 5.91 Å². The number of amides is 1. The Labute approximate surface area is 101 Å². The molecular weight excluding hydrogens is 255 g/mol. The normalized spacial score (nSPS) is 11.8. The molecule has 0 atom stereocenters. The fourth-order valence-corrected chi connectivity index (χ4v) is 1.19. The third-order valence-corrected chi connectivity index (χ3v) is 2.05. The highest BCUT2D eigenvalue weighted by atomic mass is 35.5. The summed E-state index contributed by atoms with van der Waals surface area (Å²) in [6.07, 6.45) is -3.38. The molecule has 0 aliphatic rings. The molecule has 0 spiro atoms. The molecule has 2 nitrogen and oxygen atoms in total. The van der Waals surface area contributed by atoms with Crippen LogP contribution in [-0.2, 0) is 4.79 Å². The average Bonchev–Trinajstić information content (AvgIpc) is 2.26. The van der Waals surface area contributed by atoms with E-state index < -0.39 is 12.1 Å². The number of alkyl halides is 4. The van der Waals surface area contributed by atoms with Crippen LogP contribution in [0.3, 0.4) is 0 Å². The number of nitrogens with one attached hydrogen (secondary N) is 1. The molecule has 1 aromatic carbocycles. The second-order valence-electron chi connectivity index (χ2n) is 3.14. The van der Waals surface area contributed by atoms with Gasteiger partial charge in [-0.1, -0.05) is 18.2 Å². The van der Waals surface area contributed by atoms with Gasteiger partial charge in [-0.05, 0) is 17.7 Å². The van der Waals surface area contributed by atoms with Crippen molar-refractivity contribution < 1.29 is 18.0 Å². The summed E-state index contributed by atoms with van der Waals surface area (Å²) in [4.78, 5) is 11.0. The van der Waals surface area contributed by atoms with E-state index in [1.54, 1.807) is 12.1 Å². The molecule has 92 valence electrons. The number of carbonyl (C=O) groups is 1. The van der Waals surface area contributed by atoms with Gasteiger partial charge in [0.1, 0.15) is 5.88 Å². The predicted octanol–water partition coefficient (Wildman–Crippen LogP) is 3.44. The van der Waals surface area contributed by atoms with Crippen LogP contribution >= 0.6 is 11.6 Å². The highest BCUT2D eigenvalue weighted by Gasteiger charge is 2.22. The summed E-state index contributed by atoms with van der Waals surface area (Å²) >= 11 is 5.29. The molecule has 0 unspecified atom stereocenters. The van der Waals surface area contributed by atoms with Crippen molar-refractivity contribution >= 4 is 29.3 Å². The lowest BCUT2D eigenvalue weighted by atomic mass is 10.1. The summed E-state index contributed by atoms with van der Waals surface area (Å²) in [6, 6.07) is 6.15. The number of anilines is 1. The molecule has 0 fully saturated rings. The summed E-state index contributed by atoms with van der Waals surface area (Å²) in [6.45, 7) is 0. The van der Waals surface area contributed by atoms with Crippen LogP contribution in [0.2, 0.25) is 0 Å². The molecule has 0 saturated carbocycles. The lowest BCUT2D eigenvalue weighted by molar-refractivity contribution is -0.113. The number of carbonyl (C=O) groups excluding carboxylic acids is 1. The molecule has 1 rings (SSSR count). The summed E-state index contributed by atoms with van der Waals surface area (Å²) < 4.78 is 36.0. The molecule has 17 heavy (non-hydrogen) atoms. The van der Waals surface area contributed by atoms with Crippen molar-refractivity contribution in [2.45, 2.75) is 6.18 Å². The summed E-state index contributed by atoms with van der Waals surface area (Å²) in [5.74, 6) is -0.725. The van der Waals surface area contributed by atoms with Crippen molar-refractivity contribution in [3.05, 3.63) is 35.9 Å². The topological polar surface area (TPSA) is 29.1 Å². The van der Waals surface area contributed by atoms with E-state index in [2.05, 4.69) is 5.32 Å². The van der Waals surface area contributed by atoms with E-state index in [1.165, 1.54) is 12.1 Å². The van der Waals surface area contributed by atoms with Crippen molar-refractivity contribution in [3.63, 3.8) is 0 Å². The first-order valence-corrected chi connectivity index (χ1v) is 5.16. The van der Waals surface area contributed by atoms with Crippen molar-refractivity contribution in [2.75, 3.05) is 11.2 Å². The molecule has 0 bridgehead atoms. The molecule has 1 amide bonds. The van der Waals surface area contributed by atoms with Gasteiger partial charge in [-0.25, -0.2) is 0 Å². The van der Waals surface area contributed by atoms with Crippen LogP contribution in [0.4, 0.5) is 18.9 Å². The van der Waals surface area contributed by atoms with Crippen LogP contribution in [-0.4, -0.2) is 18.0 Å². The Morgan fingerprint density at radius 2 is 2.00 bits per heavy atom. The first-order chi connectivity index (χ1) is 7.92. The largest absolute Gasteiger partial charge is 0.409 e. The molecule has 0 heterocycles. The molecule has 0 aliphatic carbocycles.